The van der Waals surface area contributed by atoms with E-state index in [0.717, 1.165) is 17.0 Å². The molecular formula is C12H17NO. The van der Waals surface area contributed by atoms with Crippen LogP contribution in [0.3, 0.4) is 0 Å². The molecule has 1 fully saturated rings. The first-order valence-corrected chi connectivity index (χ1v) is 5.28. The van der Waals surface area contributed by atoms with Crippen LogP contribution in [0.5, 0.6) is 0 Å². The molecule has 1 aliphatic carbocycles. The second kappa shape index (κ2) is 3.70. The number of aliphatic hydroxyl groups excluding tert-OH is 1. The summed E-state index contributed by atoms with van der Waals surface area (Å²) >= 11 is 0. The molecule has 2 rings (SSSR count). The second-order valence-corrected chi connectivity index (χ2v) is 4.37. The van der Waals surface area contributed by atoms with Crippen LogP contribution < -0.4 is 0 Å². The Morgan fingerprint density at radius 2 is 2.21 bits per heavy atom. The van der Waals surface area contributed by atoms with Gasteiger partial charge in [0.1, 0.15) is 0 Å². The van der Waals surface area contributed by atoms with Gasteiger partial charge in [0, 0.05) is 18.0 Å². The van der Waals surface area contributed by atoms with Crippen molar-refractivity contribution < 1.29 is 5.11 Å². The summed E-state index contributed by atoms with van der Waals surface area (Å²) in [6.45, 7) is 4.16. The fourth-order valence-electron chi connectivity index (χ4n) is 1.95. The molecule has 1 aromatic heterocycles. The maximum absolute atomic E-state index is 10.1. The van der Waals surface area contributed by atoms with E-state index in [1.54, 1.807) is 12.4 Å². The lowest BCUT2D eigenvalue weighted by Crippen LogP contribution is -2.12. The largest absolute Gasteiger partial charge is 0.388 e. The topological polar surface area (TPSA) is 33.1 Å². The first-order valence-electron chi connectivity index (χ1n) is 5.28. The van der Waals surface area contributed by atoms with Crippen molar-refractivity contribution in [3.63, 3.8) is 0 Å². The zero-order valence-corrected chi connectivity index (χ0v) is 8.77. The van der Waals surface area contributed by atoms with Crippen molar-refractivity contribution in [2.45, 2.75) is 32.8 Å². The summed E-state index contributed by atoms with van der Waals surface area (Å²) in [7, 11) is 0. The number of aromatic nitrogens is 1. The van der Waals surface area contributed by atoms with Crippen molar-refractivity contribution in [2.75, 3.05) is 0 Å². The lowest BCUT2D eigenvalue weighted by atomic mass is 9.92. The molecule has 0 saturated heterocycles. The minimum Gasteiger partial charge on any atom is -0.388 e. The average molecular weight is 191 g/mol. The molecule has 2 atom stereocenters. The number of nitrogens with zero attached hydrogens (tertiary/aromatic N) is 1. The molecule has 1 aliphatic rings. The van der Waals surface area contributed by atoms with Crippen LogP contribution in [0.4, 0.5) is 0 Å². The Kier molecular flexibility index (Phi) is 2.55. The van der Waals surface area contributed by atoms with E-state index in [-0.39, 0.29) is 6.10 Å². The van der Waals surface area contributed by atoms with E-state index in [0.29, 0.717) is 5.92 Å². The minimum absolute atomic E-state index is 0.337. The Morgan fingerprint density at radius 1 is 1.50 bits per heavy atom. The van der Waals surface area contributed by atoms with Crippen molar-refractivity contribution in [1.82, 2.24) is 4.98 Å². The van der Waals surface area contributed by atoms with Gasteiger partial charge in [-0.25, -0.2) is 0 Å². The van der Waals surface area contributed by atoms with Gasteiger partial charge in [0.25, 0.3) is 0 Å². The highest BCUT2D eigenvalue weighted by Gasteiger charge is 2.33. The van der Waals surface area contributed by atoms with E-state index in [2.05, 4.69) is 11.9 Å². The number of pyridine rings is 1. The van der Waals surface area contributed by atoms with Crippen molar-refractivity contribution >= 4 is 0 Å². The van der Waals surface area contributed by atoms with Gasteiger partial charge in [-0.3, -0.25) is 4.98 Å². The van der Waals surface area contributed by atoms with Gasteiger partial charge in [-0.1, -0.05) is 6.92 Å². The molecule has 0 amide bonds. The van der Waals surface area contributed by atoms with Crippen molar-refractivity contribution in [1.29, 1.82) is 0 Å². The first-order chi connectivity index (χ1) is 6.70. The van der Waals surface area contributed by atoms with Gasteiger partial charge in [-0.15, -0.1) is 0 Å². The third kappa shape index (κ3) is 1.80. The van der Waals surface area contributed by atoms with Crippen LogP contribution in [-0.4, -0.2) is 10.1 Å². The van der Waals surface area contributed by atoms with Gasteiger partial charge in [-0.05, 0) is 43.2 Å². The van der Waals surface area contributed by atoms with Crippen molar-refractivity contribution in [3.05, 3.63) is 29.6 Å². The Bertz CT molecular complexity index is 320. The van der Waals surface area contributed by atoms with Crippen LogP contribution in [0.15, 0.2) is 18.5 Å². The number of aliphatic hydroxyl groups is 1. The lowest BCUT2D eigenvalue weighted by molar-refractivity contribution is 0.105. The predicted octanol–water partition coefficient (Wildman–Crippen LogP) is 2.47. The van der Waals surface area contributed by atoms with Crippen LogP contribution >= 0.6 is 0 Å². The predicted molar refractivity (Wildman–Crippen MR) is 55.8 cm³/mol. The fourth-order valence-corrected chi connectivity index (χ4v) is 1.95. The molecule has 2 unspecified atom stereocenters. The van der Waals surface area contributed by atoms with Gasteiger partial charge in [-0.2, -0.15) is 0 Å². The fraction of sp³-hybridized carbons (Fsp3) is 0.583. The van der Waals surface area contributed by atoms with Crippen molar-refractivity contribution in [3.8, 4) is 0 Å². The maximum Gasteiger partial charge on any atom is 0.0835 e. The molecular weight excluding hydrogens is 174 g/mol. The normalized spacial score (nSPS) is 20.5. The van der Waals surface area contributed by atoms with Gasteiger partial charge < -0.3 is 5.11 Å². The second-order valence-electron chi connectivity index (χ2n) is 4.37. The molecule has 1 aromatic rings. The van der Waals surface area contributed by atoms with Gasteiger partial charge in [0.15, 0.2) is 0 Å². The van der Waals surface area contributed by atoms with Crippen LogP contribution in [0.25, 0.3) is 0 Å². The summed E-state index contributed by atoms with van der Waals surface area (Å²) in [6.07, 6.45) is 5.78. The molecule has 0 aromatic carbocycles. The monoisotopic (exact) mass is 191 g/mol. The van der Waals surface area contributed by atoms with Crippen LogP contribution in [0.1, 0.15) is 37.0 Å². The Labute approximate surface area is 85.0 Å². The molecule has 1 heterocycles. The van der Waals surface area contributed by atoms with Crippen LogP contribution in [-0.2, 0) is 0 Å². The summed E-state index contributed by atoms with van der Waals surface area (Å²) in [5.74, 6) is 1.10. The average Bonchev–Trinajstić information content (AvgIpc) is 3.00. The number of hydrogen-bond donors (Lipinski definition) is 1. The zero-order valence-electron chi connectivity index (χ0n) is 8.77. The standard InChI is InChI=1S/C12H17NO/c1-8-5-6-13-7-11(8)12(14)9(2)10-3-4-10/h5-7,9-10,12,14H,3-4H2,1-2H3. The van der Waals surface area contributed by atoms with E-state index in [1.165, 1.54) is 12.8 Å². The molecule has 0 aliphatic heterocycles. The first kappa shape index (κ1) is 9.66. The summed E-state index contributed by atoms with van der Waals surface area (Å²) in [5, 5.41) is 10.1. The van der Waals surface area contributed by atoms with E-state index in [1.807, 2.05) is 13.0 Å². The third-order valence-electron chi connectivity index (χ3n) is 3.26. The van der Waals surface area contributed by atoms with Crippen molar-refractivity contribution in [2.24, 2.45) is 11.8 Å². The maximum atomic E-state index is 10.1. The SMILES string of the molecule is Cc1ccncc1C(O)C(C)C1CC1. The third-order valence-corrected chi connectivity index (χ3v) is 3.26. The Hall–Kier alpha value is -0.890. The molecule has 76 valence electrons. The highest BCUT2D eigenvalue weighted by Crippen LogP contribution is 2.42. The zero-order chi connectivity index (χ0) is 10.1. The van der Waals surface area contributed by atoms with Crippen LogP contribution in [0, 0.1) is 18.8 Å². The molecule has 0 spiro atoms. The molecule has 14 heavy (non-hydrogen) atoms. The van der Waals surface area contributed by atoms with E-state index in [9.17, 15) is 5.11 Å². The van der Waals surface area contributed by atoms with Gasteiger partial charge in [0.2, 0.25) is 0 Å². The Morgan fingerprint density at radius 3 is 2.79 bits per heavy atom. The number of aryl methyl sites for hydroxylation is 1. The van der Waals surface area contributed by atoms with Gasteiger partial charge >= 0.3 is 0 Å². The molecule has 0 radical (unpaired) electrons. The van der Waals surface area contributed by atoms with E-state index in [4.69, 9.17) is 0 Å². The lowest BCUT2D eigenvalue weighted by Gasteiger charge is -2.19. The molecule has 1 N–H and O–H groups in total. The van der Waals surface area contributed by atoms with Gasteiger partial charge in [0.05, 0.1) is 6.10 Å². The summed E-state index contributed by atoms with van der Waals surface area (Å²) in [4.78, 5) is 4.07. The highest BCUT2D eigenvalue weighted by atomic mass is 16.3. The molecule has 2 nitrogen and oxygen atoms in total. The molecule has 0 bridgehead atoms. The summed E-state index contributed by atoms with van der Waals surface area (Å²) < 4.78 is 0. The number of hydrogen-bond acceptors (Lipinski definition) is 2. The highest BCUT2D eigenvalue weighted by molar-refractivity contribution is 5.24. The van der Waals surface area contributed by atoms with E-state index >= 15 is 0 Å². The quantitative estimate of drug-likeness (QED) is 0.796. The molecule has 2 heteroatoms. The van der Waals surface area contributed by atoms with E-state index < -0.39 is 0 Å². The summed E-state index contributed by atoms with van der Waals surface area (Å²) in [5.41, 5.74) is 2.13. The minimum atomic E-state index is -0.337. The Balaban J connectivity index is 2.17. The smallest absolute Gasteiger partial charge is 0.0835 e. The molecule has 1 saturated carbocycles. The summed E-state index contributed by atoms with van der Waals surface area (Å²) in [6, 6.07) is 1.96. The number of rotatable bonds is 3. The van der Waals surface area contributed by atoms with Crippen LogP contribution in [0.2, 0.25) is 0 Å².